The Labute approximate surface area is 180 Å². The van der Waals surface area contributed by atoms with E-state index in [0.717, 1.165) is 42.2 Å². The molecular formula is C24H36N6. The summed E-state index contributed by atoms with van der Waals surface area (Å²) in [6.45, 7) is 10.1. The van der Waals surface area contributed by atoms with Gasteiger partial charge in [0.1, 0.15) is 0 Å². The van der Waals surface area contributed by atoms with Gasteiger partial charge in [-0.15, -0.1) is 0 Å². The highest BCUT2D eigenvalue weighted by Gasteiger charge is 2.30. The van der Waals surface area contributed by atoms with Crippen molar-refractivity contribution < 1.29 is 0 Å². The molecule has 6 heteroatoms. The Hall–Kier alpha value is -2.34. The van der Waals surface area contributed by atoms with Crippen LogP contribution in [0.5, 0.6) is 0 Å². The SMILES string of the molecule is CCNC(=NCc1ccccc1-n1nc(C)cc1C)NC1CCN(C2CCCC2)C1. The molecule has 1 aliphatic carbocycles. The minimum Gasteiger partial charge on any atom is -0.357 e. The number of nitrogens with zero attached hydrogens (tertiary/aromatic N) is 4. The smallest absolute Gasteiger partial charge is 0.191 e. The van der Waals surface area contributed by atoms with Gasteiger partial charge in [-0.25, -0.2) is 9.67 Å². The van der Waals surface area contributed by atoms with Crippen LogP contribution in [0.4, 0.5) is 0 Å². The monoisotopic (exact) mass is 408 g/mol. The number of aliphatic imine (C=N–C) groups is 1. The van der Waals surface area contributed by atoms with Crippen molar-refractivity contribution in [3.05, 3.63) is 47.3 Å². The molecule has 0 radical (unpaired) electrons. The number of rotatable bonds is 6. The van der Waals surface area contributed by atoms with Crippen molar-refractivity contribution in [2.24, 2.45) is 4.99 Å². The van der Waals surface area contributed by atoms with Gasteiger partial charge in [-0.2, -0.15) is 5.10 Å². The summed E-state index contributed by atoms with van der Waals surface area (Å²) in [4.78, 5) is 7.61. The lowest BCUT2D eigenvalue weighted by Crippen LogP contribution is -2.45. The minimum absolute atomic E-state index is 0.481. The van der Waals surface area contributed by atoms with Crippen molar-refractivity contribution in [1.29, 1.82) is 0 Å². The van der Waals surface area contributed by atoms with Gasteiger partial charge in [0.2, 0.25) is 0 Å². The fourth-order valence-electron chi connectivity index (χ4n) is 4.91. The second kappa shape index (κ2) is 9.65. The van der Waals surface area contributed by atoms with E-state index in [9.17, 15) is 0 Å². The molecule has 2 heterocycles. The molecule has 0 bridgehead atoms. The molecule has 1 atom stereocenters. The number of hydrogen-bond donors (Lipinski definition) is 2. The highest BCUT2D eigenvalue weighted by Crippen LogP contribution is 2.26. The third-order valence-corrected chi connectivity index (χ3v) is 6.38. The average molecular weight is 409 g/mol. The highest BCUT2D eigenvalue weighted by molar-refractivity contribution is 5.80. The predicted octanol–water partition coefficient (Wildman–Crippen LogP) is 3.56. The number of benzene rings is 1. The highest BCUT2D eigenvalue weighted by atomic mass is 15.3. The summed E-state index contributed by atoms with van der Waals surface area (Å²) in [7, 11) is 0. The van der Waals surface area contributed by atoms with Crippen molar-refractivity contribution in [2.45, 2.75) is 71.5 Å². The number of aryl methyl sites for hydroxylation is 2. The van der Waals surface area contributed by atoms with Crippen molar-refractivity contribution in [3.8, 4) is 5.69 Å². The largest absolute Gasteiger partial charge is 0.357 e. The first-order valence-electron chi connectivity index (χ1n) is 11.5. The lowest BCUT2D eigenvalue weighted by Gasteiger charge is -2.24. The molecule has 4 rings (SSSR count). The Morgan fingerprint density at radius 1 is 1.17 bits per heavy atom. The van der Waals surface area contributed by atoms with Crippen LogP contribution in [0, 0.1) is 13.8 Å². The van der Waals surface area contributed by atoms with Gasteiger partial charge in [0.05, 0.1) is 17.9 Å². The fraction of sp³-hybridized carbons (Fsp3) is 0.583. The van der Waals surface area contributed by atoms with Gasteiger partial charge in [-0.1, -0.05) is 31.0 Å². The first-order chi connectivity index (χ1) is 14.6. The van der Waals surface area contributed by atoms with Gasteiger partial charge in [0.25, 0.3) is 0 Å². The van der Waals surface area contributed by atoms with Crippen LogP contribution in [0.1, 0.15) is 56.0 Å². The summed E-state index contributed by atoms with van der Waals surface area (Å²) < 4.78 is 2.02. The van der Waals surface area contributed by atoms with Crippen LogP contribution < -0.4 is 10.6 Å². The molecule has 2 aliphatic rings. The maximum atomic E-state index is 4.93. The zero-order chi connectivity index (χ0) is 20.9. The second-order valence-corrected chi connectivity index (χ2v) is 8.73. The maximum Gasteiger partial charge on any atom is 0.191 e. The lowest BCUT2D eigenvalue weighted by molar-refractivity contribution is 0.242. The molecule has 2 fully saturated rings. The molecule has 162 valence electrons. The van der Waals surface area contributed by atoms with Crippen LogP contribution in [-0.2, 0) is 6.54 Å². The Kier molecular flexibility index (Phi) is 6.72. The van der Waals surface area contributed by atoms with Crippen molar-refractivity contribution in [1.82, 2.24) is 25.3 Å². The van der Waals surface area contributed by atoms with Gasteiger partial charge < -0.3 is 10.6 Å². The zero-order valence-corrected chi connectivity index (χ0v) is 18.7. The molecule has 0 spiro atoms. The molecule has 30 heavy (non-hydrogen) atoms. The molecule has 1 aliphatic heterocycles. The first-order valence-corrected chi connectivity index (χ1v) is 11.5. The molecule has 1 aromatic heterocycles. The van der Waals surface area contributed by atoms with Gasteiger partial charge in [-0.05, 0) is 57.7 Å². The molecule has 1 saturated carbocycles. The van der Waals surface area contributed by atoms with E-state index in [1.807, 2.05) is 11.6 Å². The molecule has 1 saturated heterocycles. The molecule has 0 amide bonds. The quantitative estimate of drug-likeness (QED) is 0.567. The van der Waals surface area contributed by atoms with E-state index in [0.29, 0.717) is 12.6 Å². The van der Waals surface area contributed by atoms with E-state index in [1.54, 1.807) is 0 Å². The Balaban J connectivity index is 1.44. The molecule has 1 unspecified atom stereocenters. The van der Waals surface area contributed by atoms with Crippen molar-refractivity contribution in [2.75, 3.05) is 19.6 Å². The topological polar surface area (TPSA) is 57.5 Å². The Bertz CT molecular complexity index is 864. The number of likely N-dealkylation sites (tertiary alicyclic amines) is 1. The first kappa shape index (κ1) is 20.9. The van der Waals surface area contributed by atoms with E-state index in [4.69, 9.17) is 4.99 Å². The normalized spacial score (nSPS) is 20.8. The third kappa shape index (κ3) is 4.86. The Morgan fingerprint density at radius 2 is 1.97 bits per heavy atom. The van der Waals surface area contributed by atoms with Crippen LogP contribution in [0.2, 0.25) is 0 Å². The van der Waals surface area contributed by atoms with E-state index in [-0.39, 0.29) is 0 Å². The van der Waals surface area contributed by atoms with E-state index in [1.165, 1.54) is 44.2 Å². The standard InChI is InChI=1S/C24H36N6/c1-4-25-24(27-21-13-14-29(17-21)22-10-6-7-11-22)26-16-20-9-5-8-12-23(20)30-19(3)15-18(2)28-30/h5,8-9,12,15,21-22H,4,6-7,10-11,13-14,16-17H2,1-3H3,(H2,25,26,27). The van der Waals surface area contributed by atoms with Crippen molar-refractivity contribution in [3.63, 3.8) is 0 Å². The van der Waals surface area contributed by atoms with Crippen LogP contribution in [0.15, 0.2) is 35.3 Å². The van der Waals surface area contributed by atoms with Gasteiger partial charge in [0, 0.05) is 37.4 Å². The fourth-order valence-corrected chi connectivity index (χ4v) is 4.91. The van der Waals surface area contributed by atoms with Crippen molar-refractivity contribution >= 4 is 5.96 Å². The van der Waals surface area contributed by atoms with Crippen LogP contribution in [-0.4, -0.2) is 52.4 Å². The number of hydrogen-bond acceptors (Lipinski definition) is 3. The molecule has 1 aromatic carbocycles. The molecular weight excluding hydrogens is 372 g/mol. The van der Waals surface area contributed by atoms with Gasteiger partial charge >= 0.3 is 0 Å². The van der Waals surface area contributed by atoms with E-state index < -0.39 is 0 Å². The summed E-state index contributed by atoms with van der Waals surface area (Å²) in [5.74, 6) is 0.916. The summed E-state index contributed by atoms with van der Waals surface area (Å²) >= 11 is 0. The number of para-hydroxylation sites is 1. The zero-order valence-electron chi connectivity index (χ0n) is 18.7. The summed E-state index contributed by atoms with van der Waals surface area (Å²) in [5, 5.41) is 11.8. The molecule has 6 nitrogen and oxygen atoms in total. The maximum absolute atomic E-state index is 4.93. The predicted molar refractivity (Wildman–Crippen MR) is 123 cm³/mol. The number of aromatic nitrogens is 2. The minimum atomic E-state index is 0.481. The van der Waals surface area contributed by atoms with E-state index >= 15 is 0 Å². The summed E-state index contributed by atoms with van der Waals surface area (Å²) in [6, 6.07) is 11.8. The summed E-state index contributed by atoms with van der Waals surface area (Å²) in [6.07, 6.45) is 6.76. The lowest BCUT2D eigenvalue weighted by atomic mass is 10.2. The van der Waals surface area contributed by atoms with Crippen LogP contribution >= 0.6 is 0 Å². The molecule has 2 N–H and O–H groups in total. The van der Waals surface area contributed by atoms with E-state index in [2.05, 4.69) is 64.8 Å². The van der Waals surface area contributed by atoms with Crippen LogP contribution in [0.3, 0.4) is 0 Å². The number of nitrogens with one attached hydrogen (secondary N) is 2. The third-order valence-electron chi connectivity index (χ3n) is 6.38. The average Bonchev–Trinajstić information content (AvgIpc) is 3.48. The molecule has 2 aromatic rings. The Morgan fingerprint density at radius 3 is 2.70 bits per heavy atom. The van der Waals surface area contributed by atoms with Gasteiger partial charge in [-0.3, -0.25) is 4.90 Å². The number of guanidine groups is 1. The van der Waals surface area contributed by atoms with Gasteiger partial charge in [0.15, 0.2) is 5.96 Å². The summed E-state index contributed by atoms with van der Waals surface area (Å²) in [5.41, 5.74) is 4.47. The second-order valence-electron chi connectivity index (χ2n) is 8.73. The van der Waals surface area contributed by atoms with Crippen LogP contribution in [0.25, 0.3) is 5.69 Å².